The van der Waals surface area contributed by atoms with Gasteiger partial charge in [-0.3, -0.25) is 9.78 Å². The maximum absolute atomic E-state index is 12.5. The predicted molar refractivity (Wildman–Crippen MR) is 91.3 cm³/mol. The Labute approximate surface area is 142 Å². The van der Waals surface area contributed by atoms with Crippen molar-refractivity contribution in [2.75, 3.05) is 0 Å². The van der Waals surface area contributed by atoms with Gasteiger partial charge in [-0.2, -0.15) is 0 Å². The van der Waals surface area contributed by atoms with E-state index >= 15 is 0 Å². The molecule has 0 unspecified atom stereocenters. The number of hydrogen-bond donors (Lipinski definition) is 1. The Balaban J connectivity index is 1.90. The molecule has 126 valence electrons. The maximum atomic E-state index is 12.5. The molecule has 0 aliphatic rings. The molecule has 0 fully saturated rings. The number of carbonyl (C=O) groups is 2. The first-order chi connectivity index (χ1) is 11.6. The van der Waals surface area contributed by atoms with Crippen LogP contribution < -0.4 is 5.32 Å². The van der Waals surface area contributed by atoms with Gasteiger partial charge in [-0.25, -0.2) is 4.79 Å². The van der Waals surface area contributed by atoms with Crippen molar-refractivity contribution in [2.45, 2.75) is 32.9 Å². The standard InChI is InChI=1S/C19H22N2O3/c1-14(2)18(17(22)12-16-10-6-7-11-20-16)21-19(23)24-13-15-8-4-3-5-9-15/h3-11,14,18H,12-13H2,1-2H3,(H,21,23)/t18-/m0/s1. The summed E-state index contributed by atoms with van der Waals surface area (Å²) in [6.45, 7) is 3.95. The number of Topliss-reactive ketones (excluding diaryl/α,β-unsaturated/α-hetero) is 1. The van der Waals surface area contributed by atoms with Crippen molar-refractivity contribution in [1.29, 1.82) is 0 Å². The lowest BCUT2D eigenvalue weighted by Crippen LogP contribution is -2.45. The van der Waals surface area contributed by atoms with Crippen molar-refractivity contribution in [3.8, 4) is 0 Å². The summed E-state index contributed by atoms with van der Waals surface area (Å²) < 4.78 is 5.19. The van der Waals surface area contributed by atoms with Gasteiger partial charge in [0.15, 0.2) is 5.78 Å². The fourth-order valence-corrected chi connectivity index (χ4v) is 2.30. The highest BCUT2D eigenvalue weighted by Gasteiger charge is 2.25. The molecule has 0 radical (unpaired) electrons. The molecule has 1 amide bonds. The van der Waals surface area contributed by atoms with Crippen LogP contribution in [0.15, 0.2) is 54.7 Å². The maximum Gasteiger partial charge on any atom is 0.408 e. The normalized spacial score (nSPS) is 11.8. The molecule has 1 aromatic carbocycles. The molecule has 2 rings (SSSR count). The molecule has 1 atom stereocenters. The zero-order valence-corrected chi connectivity index (χ0v) is 13.9. The topological polar surface area (TPSA) is 68.3 Å². The average Bonchev–Trinajstić information content (AvgIpc) is 2.59. The van der Waals surface area contributed by atoms with Gasteiger partial charge in [0.2, 0.25) is 0 Å². The Morgan fingerprint density at radius 1 is 1.08 bits per heavy atom. The number of alkyl carbamates (subject to hydrolysis) is 1. The molecule has 24 heavy (non-hydrogen) atoms. The van der Waals surface area contributed by atoms with E-state index in [-0.39, 0.29) is 24.7 Å². The first-order valence-corrected chi connectivity index (χ1v) is 7.96. The van der Waals surface area contributed by atoms with Crippen molar-refractivity contribution in [3.63, 3.8) is 0 Å². The Hall–Kier alpha value is -2.69. The summed E-state index contributed by atoms with van der Waals surface area (Å²) in [5.41, 5.74) is 1.58. The Morgan fingerprint density at radius 2 is 1.79 bits per heavy atom. The van der Waals surface area contributed by atoms with Crippen LogP contribution in [-0.4, -0.2) is 22.9 Å². The zero-order valence-electron chi connectivity index (χ0n) is 13.9. The summed E-state index contributed by atoms with van der Waals surface area (Å²) in [7, 11) is 0. The largest absolute Gasteiger partial charge is 0.445 e. The molecule has 1 N–H and O–H groups in total. The average molecular weight is 326 g/mol. The fourth-order valence-electron chi connectivity index (χ4n) is 2.30. The number of hydrogen-bond acceptors (Lipinski definition) is 4. The van der Waals surface area contributed by atoms with E-state index in [0.29, 0.717) is 5.69 Å². The van der Waals surface area contributed by atoms with Gasteiger partial charge in [-0.1, -0.05) is 50.2 Å². The lowest BCUT2D eigenvalue weighted by atomic mass is 9.97. The Kier molecular flexibility index (Phi) is 6.49. The number of ketones is 1. The molecule has 0 bridgehead atoms. The van der Waals surface area contributed by atoms with Crippen LogP contribution in [0, 0.1) is 5.92 Å². The minimum Gasteiger partial charge on any atom is -0.445 e. The number of aromatic nitrogens is 1. The van der Waals surface area contributed by atoms with Gasteiger partial charge in [0, 0.05) is 11.9 Å². The number of benzene rings is 1. The number of amides is 1. The first-order valence-electron chi connectivity index (χ1n) is 7.96. The molecule has 0 saturated carbocycles. The van der Waals surface area contributed by atoms with Crippen LogP contribution in [0.1, 0.15) is 25.1 Å². The minimum atomic E-state index is -0.602. The number of ether oxygens (including phenoxy) is 1. The zero-order chi connectivity index (χ0) is 17.4. The second-order valence-corrected chi connectivity index (χ2v) is 5.89. The monoisotopic (exact) mass is 326 g/mol. The second kappa shape index (κ2) is 8.82. The van der Waals surface area contributed by atoms with Crippen LogP contribution in [0.2, 0.25) is 0 Å². The van der Waals surface area contributed by atoms with Crippen LogP contribution in [0.4, 0.5) is 4.79 Å². The molecule has 1 aromatic heterocycles. The van der Waals surface area contributed by atoms with E-state index in [1.165, 1.54) is 0 Å². The van der Waals surface area contributed by atoms with E-state index in [2.05, 4.69) is 10.3 Å². The lowest BCUT2D eigenvalue weighted by Gasteiger charge is -2.20. The highest BCUT2D eigenvalue weighted by molar-refractivity contribution is 5.89. The molecule has 5 heteroatoms. The first kappa shape index (κ1) is 17.7. The van der Waals surface area contributed by atoms with Crippen molar-refractivity contribution < 1.29 is 14.3 Å². The van der Waals surface area contributed by atoms with Gasteiger partial charge >= 0.3 is 6.09 Å². The number of carbonyl (C=O) groups excluding carboxylic acids is 2. The quantitative estimate of drug-likeness (QED) is 0.849. The number of rotatable bonds is 7. The molecule has 1 heterocycles. The number of nitrogens with one attached hydrogen (secondary N) is 1. The molecule has 0 aliphatic carbocycles. The highest BCUT2D eigenvalue weighted by atomic mass is 16.5. The van der Waals surface area contributed by atoms with Crippen molar-refractivity contribution in [3.05, 3.63) is 66.0 Å². The van der Waals surface area contributed by atoms with Crippen LogP contribution in [0.25, 0.3) is 0 Å². The van der Waals surface area contributed by atoms with Gasteiger partial charge in [0.05, 0.1) is 12.5 Å². The molecular formula is C19H22N2O3. The SMILES string of the molecule is CC(C)[C@H](NC(=O)OCc1ccccc1)C(=O)Cc1ccccn1. The van der Waals surface area contributed by atoms with Gasteiger partial charge < -0.3 is 10.1 Å². The minimum absolute atomic E-state index is 0.0366. The third kappa shape index (κ3) is 5.50. The number of nitrogens with zero attached hydrogens (tertiary/aromatic N) is 1. The third-order valence-corrected chi connectivity index (χ3v) is 3.58. The summed E-state index contributed by atoms with van der Waals surface area (Å²) in [4.78, 5) is 28.6. The van der Waals surface area contributed by atoms with E-state index in [9.17, 15) is 9.59 Å². The van der Waals surface area contributed by atoms with E-state index in [4.69, 9.17) is 4.74 Å². The van der Waals surface area contributed by atoms with E-state index in [1.54, 1.807) is 18.3 Å². The smallest absolute Gasteiger partial charge is 0.408 e. The summed E-state index contributed by atoms with van der Waals surface area (Å²) in [5.74, 6) is -0.120. The predicted octanol–water partition coefficient (Wildman–Crippen LogP) is 3.14. The van der Waals surface area contributed by atoms with E-state index in [0.717, 1.165) is 5.56 Å². The summed E-state index contributed by atoms with van der Waals surface area (Å²) in [5, 5.41) is 2.67. The third-order valence-electron chi connectivity index (χ3n) is 3.58. The Bertz CT molecular complexity index is 657. The lowest BCUT2D eigenvalue weighted by molar-refractivity contribution is -0.121. The molecule has 0 saturated heterocycles. The van der Waals surface area contributed by atoms with Gasteiger partial charge in [-0.05, 0) is 23.6 Å². The van der Waals surface area contributed by atoms with Crippen LogP contribution in [0.3, 0.4) is 0 Å². The molecule has 2 aromatic rings. The molecular weight excluding hydrogens is 304 g/mol. The summed E-state index contributed by atoms with van der Waals surface area (Å²) in [6, 6.07) is 14.2. The fraction of sp³-hybridized carbons (Fsp3) is 0.316. The van der Waals surface area contributed by atoms with Gasteiger partial charge in [0.1, 0.15) is 6.61 Å². The molecule has 0 spiro atoms. The van der Waals surface area contributed by atoms with Crippen LogP contribution >= 0.6 is 0 Å². The summed E-state index contributed by atoms with van der Waals surface area (Å²) in [6.07, 6.45) is 1.24. The van der Waals surface area contributed by atoms with Crippen LogP contribution in [0.5, 0.6) is 0 Å². The van der Waals surface area contributed by atoms with Crippen LogP contribution in [-0.2, 0) is 22.6 Å². The van der Waals surface area contributed by atoms with Gasteiger partial charge in [-0.15, -0.1) is 0 Å². The molecule has 0 aliphatic heterocycles. The van der Waals surface area contributed by atoms with Crippen molar-refractivity contribution in [2.24, 2.45) is 5.92 Å². The van der Waals surface area contributed by atoms with Crippen molar-refractivity contribution in [1.82, 2.24) is 10.3 Å². The van der Waals surface area contributed by atoms with Crippen molar-refractivity contribution >= 4 is 11.9 Å². The highest BCUT2D eigenvalue weighted by Crippen LogP contribution is 2.08. The molecule has 5 nitrogen and oxygen atoms in total. The Morgan fingerprint density at radius 3 is 2.42 bits per heavy atom. The number of pyridine rings is 1. The van der Waals surface area contributed by atoms with E-state index < -0.39 is 12.1 Å². The summed E-state index contributed by atoms with van der Waals surface area (Å²) >= 11 is 0. The van der Waals surface area contributed by atoms with E-state index in [1.807, 2.05) is 50.2 Å². The second-order valence-electron chi connectivity index (χ2n) is 5.89. The van der Waals surface area contributed by atoms with Gasteiger partial charge in [0.25, 0.3) is 0 Å².